The second-order valence-corrected chi connectivity index (χ2v) is 9.18. The van der Waals surface area contributed by atoms with Crippen molar-refractivity contribution in [2.24, 2.45) is 5.92 Å². The molecule has 0 saturated carbocycles. The van der Waals surface area contributed by atoms with Crippen LogP contribution in [-0.2, 0) is 21.2 Å². The second kappa shape index (κ2) is 11.0. The predicted octanol–water partition coefficient (Wildman–Crippen LogP) is 2.68. The molecule has 0 spiro atoms. The van der Waals surface area contributed by atoms with Crippen LogP contribution in [0.5, 0.6) is 11.5 Å². The molecule has 164 valence electrons. The molecule has 0 atom stereocenters. The third kappa shape index (κ3) is 7.35. The Hall–Kier alpha value is -2.58. The Labute approximate surface area is 178 Å². The van der Waals surface area contributed by atoms with Crippen molar-refractivity contribution in [1.29, 1.82) is 0 Å². The van der Waals surface area contributed by atoms with Crippen LogP contribution < -0.4 is 19.5 Å². The second-order valence-electron chi connectivity index (χ2n) is 7.41. The minimum Gasteiger partial charge on any atom is -0.497 e. The maximum absolute atomic E-state index is 12.3. The van der Waals surface area contributed by atoms with E-state index in [4.69, 9.17) is 9.47 Å². The van der Waals surface area contributed by atoms with Gasteiger partial charge in [0.25, 0.3) is 5.91 Å². The van der Waals surface area contributed by atoms with E-state index in [1.807, 2.05) is 38.1 Å². The number of hydrogen-bond donors (Lipinski definition) is 2. The van der Waals surface area contributed by atoms with E-state index in [2.05, 4.69) is 10.0 Å². The predicted molar refractivity (Wildman–Crippen MR) is 116 cm³/mol. The quantitative estimate of drug-likeness (QED) is 0.567. The lowest BCUT2D eigenvalue weighted by Gasteiger charge is -2.12. The SMILES string of the molecule is COc1ccc(CCNC(=O)COc2ccc(S(=O)(=O)NCC(C)C)cc2C)cc1. The van der Waals surface area contributed by atoms with E-state index in [1.165, 1.54) is 6.07 Å². The molecule has 7 nitrogen and oxygen atoms in total. The largest absolute Gasteiger partial charge is 0.497 e. The lowest BCUT2D eigenvalue weighted by Crippen LogP contribution is -2.30. The standard InChI is InChI=1S/C22H30N2O5S/c1-16(2)14-24-30(26,27)20-9-10-21(17(3)13-20)29-15-22(25)23-12-11-18-5-7-19(28-4)8-6-18/h5-10,13,16,24H,11-12,14-15H2,1-4H3,(H,23,25). The molecule has 8 heteroatoms. The first-order valence-electron chi connectivity index (χ1n) is 9.84. The molecular weight excluding hydrogens is 404 g/mol. The Balaban J connectivity index is 1.82. The topological polar surface area (TPSA) is 93.7 Å². The van der Waals surface area contributed by atoms with Crippen LogP contribution in [0.4, 0.5) is 0 Å². The van der Waals surface area contributed by atoms with Gasteiger partial charge in [0.15, 0.2) is 6.61 Å². The Morgan fingerprint density at radius 1 is 1.10 bits per heavy atom. The molecular formula is C22H30N2O5S. The van der Waals surface area contributed by atoms with Crippen molar-refractivity contribution in [3.05, 3.63) is 53.6 Å². The number of nitrogens with one attached hydrogen (secondary N) is 2. The van der Waals surface area contributed by atoms with Gasteiger partial charge in [0, 0.05) is 13.1 Å². The average Bonchev–Trinajstić information content (AvgIpc) is 2.72. The van der Waals surface area contributed by atoms with Gasteiger partial charge in [-0.3, -0.25) is 4.79 Å². The fourth-order valence-electron chi connectivity index (χ4n) is 2.64. The van der Waals surface area contributed by atoms with Crippen LogP contribution in [0.2, 0.25) is 0 Å². The highest BCUT2D eigenvalue weighted by Gasteiger charge is 2.16. The summed E-state index contributed by atoms with van der Waals surface area (Å²) < 4.78 is 37.9. The van der Waals surface area contributed by atoms with E-state index in [9.17, 15) is 13.2 Å². The van der Waals surface area contributed by atoms with Crippen LogP contribution in [0.1, 0.15) is 25.0 Å². The first kappa shape index (κ1) is 23.7. The third-order valence-electron chi connectivity index (χ3n) is 4.39. The molecule has 0 aliphatic heterocycles. The van der Waals surface area contributed by atoms with E-state index >= 15 is 0 Å². The average molecular weight is 435 g/mol. The summed E-state index contributed by atoms with van der Waals surface area (Å²) in [6.07, 6.45) is 0.699. The van der Waals surface area contributed by atoms with Crippen LogP contribution >= 0.6 is 0 Å². The minimum atomic E-state index is -3.56. The lowest BCUT2D eigenvalue weighted by molar-refractivity contribution is -0.123. The zero-order chi connectivity index (χ0) is 22.1. The highest BCUT2D eigenvalue weighted by molar-refractivity contribution is 7.89. The van der Waals surface area contributed by atoms with Crippen LogP contribution in [0.25, 0.3) is 0 Å². The van der Waals surface area contributed by atoms with E-state index in [0.717, 1.165) is 11.3 Å². The van der Waals surface area contributed by atoms with Gasteiger partial charge in [-0.25, -0.2) is 13.1 Å². The van der Waals surface area contributed by atoms with Gasteiger partial charge in [0.1, 0.15) is 11.5 Å². The van der Waals surface area contributed by atoms with Crippen molar-refractivity contribution >= 4 is 15.9 Å². The van der Waals surface area contributed by atoms with E-state index in [0.29, 0.717) is 30.8 Å². The highest BCUT2D eigenvalue weighted by atomic mass is 32.2. The maximum atomic E-state index is 12.3. The number of ether oxygens (including phenoxy) is 2. The van der Waals surface area contributed by atoms with Gasteiger partial charge in [-0.2, -0.15) is 0 Å². The molecule has 2 aromatic rings. The van der Waals surface area contributed by atoms with E-state index < -0.39 is 10.0 Å². The van der Waals surface area contributed by atoms with Crippen LogP contribution in [0.15, 0.2) is 47.4 Å². The van der Waals surface area contributed by atoms with Crippen molar-refractivity contribution < 1.29 is 22.7 Å². The van der Waals surface area contributed by atoms with Crippen molar-refractivity contribution in [2.45, 2.75) is 32.1 Å². The zero-order valence-corrected chi connectivity index (χ0v) is 18.7. The molecule has 2 rings (SSSR count). The molecule has 0 aliphatic rings. The number of hydrogen-bond acceptors (Lipinski definition) is 5. The molecule has 0 aliphatic carbocycles. The lowest BCUT2D eigenvalue weighted by atomic mass is 10.1. The molecule has 0 heterocycles. The molecule has 0 fully saturated rings. The van der Waals surface area contributed by atoms with Crippen LogP contribution in [-0.4, -0.2) is 41.1 Å². The van der Waals surface area contributed by atoms with Crippen molar-refractivity contribution in [2.75, 3.05) is 26.8 Å². The van der Waals surface area contributed by atoms with Gasteiger partial charge in [0.2, 0.25) is 10.0 Å². The van der Waals surface area contributed by atoms with Crippen molar-refractivity contribution in [3.8, 4) is 11.5 Å². The van der Waals surface area contributed by atoms with Gasteiger partial charge in [0.05, 0.1) is 12.0 Å². The fraction of sp³-hybridized carbons (Fsp3) is 0.409. The molecule has 0 saturated heterocycles. The number of aryl methyl sites for hydroxylation is 1. The molecule has 30 heavy (non-hydrogen) atoms. The fourth-order valence-corrected chi connectivity index (χ4v) is 3.94. The first-order valence-corrected chi connectivity index (χ1v) is 11.3. The van der Waals surface area contributed by atoms with Crippen molar-refractivity contribution in [1.82, 2.24) is 10.0 Å². The smallest absolute Gasteiger partial charge is 0.257 e. The summed E-state index contributed by atoms with van der Waals surface area (Å²) in [7, 11) is -1.94. The van der Waals surface area contributed by atoms with Gasteiger partial charge in [-0.05, 0) is 60.7 Å². The Bertz CT molecular complexity index is 941. The molecule has 0 bridgehead atoms. The first-order chi connectivity index (χ1) is 14.2. The van der Waals surface area contributed by atoms with Gasteiger partial charge < -0.3 is 14.8 Å². The number of benzene rings is 2. The number of rotatable bonds is 11. The molecule has 0 unspecified atom stereocenters. The monoisotopic (exact) mass is 434 g/mol. The molecule has 1 amide bonds. The normalized spacial score (nSPS) is 11.4. The van der Waals surface area contributed by atoms with Gasteiger partial charge in [-0.15, -0.1) is 0 Å². The summed E-state index contributed by atoms with van der Waals surface area (Å²) in [5.74, 6) is 1.24. The Morgan fingerprint density at radius 2 is 1.80 bits per heavy atom. The maximum Gasteiger partial charge on any atom is 0.257 e. The van der Waals surface area contributed by atoms with Crippen LogP contribution in [0.3, 0.4) is 0 Å². The van der Waals surface area contributed by atoms with Gasteiger partial charge >= 0.3 is 0 Å². The van der Waals surface area contributed by atoms with E-state index in [-0.39, 0.29) is 23.3 Å². The third-order valence-corrected chi connectivity index (χ3v) is 5.81. The van der Waals surface area contributed by atoms with E-state index in [1.54, 1.807) is 26.2 Å². The number of amides is 1. The highest BCUT2D eigenvalue weighted by Crippen LogP contribution is 2.22. The zero-order valence-electron chi connectivity index (χ0n) is 17.9. The molecule has 0 radical (unpaired) electrons. The Kier molecular flexibility index (Phi) is 8.68. The van der Waals surface area contributed by atoms with Crippen molar-refractivity contribution in [3.63, 3.8) is 0 Å². The number of sulfonamides is 1. The summed E-state index contributed by atoms with van der Waals surface area (Å²) in [5.41, 5.74) is 1.74. The summed E-state index contributed by atoms with van der Waals surface area (Å²) in [6, 6.07) is 12.3. The summed E-state index contributed by atoms with van der Waals surface area (Å²) in [4.78, 5) is 12.2. The van der Waals surface area contributed by atoms with Gasteiger partial charge in [-0.1, -0.05) is 26.0 Å². The summed E-state index contributed by atoms with van der Waals surface area (Å²) >= 11 is 0. The number of carbonyl (C=O) groups is 1. The number of methoxy groups -OCH3 is 1. The molecule has 0 aromatic heterocycles. The Morgan fingerprint density at radius 3 is 2.40 bits per heavy atom. The number of carbonyl (C=O) groups excluding carboxylic acids is 1. The summed E-state index contributed by atoms with van der Waals surface area (Å²) in [6.45, 7) is 6.35. The van der Waals surface area contributed by atoms with Crippen LogP contribution in [0, 0.1) is 12.8 Å². The summed E-state index contributed by atoms with van der Waals surface area (Å²) in [5, 5.41) is 2.81. The molecule has 2 aromatic carbocycles. The molecule has 2 N–H and O–H groups in total. The minimum absolute atomic E-state index is 0.138.